The van der Waals surface area contributed by atoms with Crippen LogP contribution in [-0.2, 0) is 4.74 Å². The first-order chi connectivity index (χ1) is 5.56. The van der Waals surface area contributed by atoms with Crippen molar-refractivity contribution < 1.29 is 9.84 Å². The van der Waals surface area contributed by atoms with Crippen LogP contribution in [-0.4, -0.2) is 33.0 Å². The molecule has 2 nitrogen and oxygen atoms in total. The minimum absolute atomic E-state index is 0.147. The van der Waals surface area contributed by atoms with E-state index in [0.717, 1.165) is 13.0 Å². The Labute approximate surface area is 76.9 Å². The number of ether oxygens (including phenoxy) is 1. The van der Waals surface area contributed by atoms with Crippen LogP contribution >= 0.6 is 0 Å². The summed E-state index contributed by atoms with van der Waals surface area (Å²) in [5, 5.41) is 8.43. The van der Waals surface area contributed by atoms with E-state index in [1.807, 2.05) is 0 Å². The molecular weight excluding hydrogens is 168 g/mol. The van der Waals surface area contributed by atoms with Crippen LogP contribution in [0.3, 0.4) is 0 Å². The first-order valence-electron chi connectivity index (χ1n) is 4.75. The summed E-state index contributed by atoms with van der Waals surface area (Å²) in [4.78, 5) is 0. The Kier molecular flexibility index (Phi) is 6.71. The van der Waals surface area contributed by atoms with E-state index in [1.54, 1.807) is 0 Å². The number of hydrogen-bond acceptors (Lipinski definition) is 2. The average Bonchev–Trinajstić information content (AvgIpc) is 1.94. The summed E-state index contributed by atoms with van der Waals surface area (Å²) >= 11 is 0. The van der Waals surface area contributed by atoms with Crippen molar-refractivity contribution in [3.63, 3.8) is 0 Å². The van der Waals surface area contributed by atoms with Gasteiger partial charge in [-0.2, -0.15) is 0 Å². The van der Waals surface area contributed by atoms with E-state index in [4.69, 9.17) is 9.84 Å². The quantitative estimate of drug-likeness (QED) is 0.492. The summed E-state index contributed by atoms with van der Waals surface area (Å²) in [5.41, 5.74) is 0. The summed E-state index contributed by atoms with van der Waals surface area (Å²) in [5.74, 6) is 0. The largest absolute Gasteiger partial charge is 0.394 e. The van der Waals surface area contributed by atoms with Crippen molar-refractivity contribution in [2.45, 2.75) is 38.5 Å². The lowest BCUT2D eigenvalue weighted by atomic mass is 10.4. The molecule has 0 aliphatic carbocycles. The van der Waals surface area contributed by atoms with E-state index in [0.29, 0.717) is 6.61 Å². The number of unbranched alkanes of at least 4 members (excludes halogenated alkanes) is 1. The molecule has 12 heavy (non-hydrogen) atoms. The maximum Gasteiger partial charge on any atom is 0.0697 e. The van der Waals surface area contributed by atoms with Gasteiger partial charge in [-0.3, -0.25) is 0 Å². The van der Waals surface area contributed by atoms with Crippen LogP contribution in [0.5, 0.6) is 0 Å². The van der Waals surface area contributed by atoms with E-state index in [2.05, 4.69) is 19.6 Å². The minimum atomic E-state index is -0.831. The number of aliphatic hydroxyl groups is 1. The Morgan fingerprint density at radius 2 is 1.75 bits per heavy atom. The fourth-order valence-electron chi connectivity index (χ4n) is 1.03. The summed E-state index contributed by atoms with van der Waals surface area (Å²) in [6.45, 7) is 8.62. The predicted molar refractivity (Wildman–Crippen MR) is 55.3 cm³/mol. The van der Waals surface area contributed by atoms with Gasteiger partial charge in [0.15, 0.2) is 0 Å². The first kappa shape index (κ1) is 12.1. The molecule has 0 spiro atoms. The molecule has 0 aromatic heterocycles. The highest BCUT2D eigenvalue weighted by molar-refractivity contribution is 6.76. The third kappa shape index (κ3) is 10.1. The lowest BCUT2D eigenvalue weighted by Gasteiger charge is -2.14. The highest BCUT2D eigenvalue weighted by Gasteiger charge is 2.11. The molecule has 0 saturated heterocycles. The lowest BCUT2D eigenvalue weighted by Crippen LogP contribution is -2.18. The van der Waals surface area contributed by atoms with E-state index < -0.39 is 8.07 Å². The van der Waals surface area contributed by atoms with Gasteiger partial charge in [0.1, 0.15) is 0 Å². The molecule has 0 amide bonds. The topological polar surface area (TPSA) is 29.5 Å². The summed E-state index contributed by atoms with van der Waals surface area (Å²) < 4.78 is 5.16. The van der Waals surface area contributed by atoms with Crippen LogP contribution < -0.4 is 0 Å². The van der Waals surface area contributed by atoms with Crippen LogP contribution in [0.4, 0.5) is 0 Å². The maximum absolute atomic E-state index is 8.43. The van der Waals surface area contributed by atoms with Gasteiger partial charge in [0.05, 0.1) is 13.2 Å². The molecule has 0 rings (SSSR count). The smallest absolute Gasteiger partial charge is 0.0697 e. The van der Waals surface area contributed by atoms with Gasteiger partial charge < -0.3 is 9.84 Å². The van der Waals surface area contributed by atoms with Crippen LogP contribution in [0.2, 0.25) is 25.7 Å². The van der Waals surface area contributed by atoms with Gasteiger partial charge >= 0.3 is 0 Å². The highest BCUT2D eigenvalue weighted by atomic mass is 28.3. The van der Waals surface area contributed by atoms with E-state index in [9.17, 15) is 0 Å². The molecule has 1 N–H and O–H groups in total. The Morgan fingerprint density at radius 1 is 1.08 bits per heavy atom. The van der Waals surface area contributed by atoms with Crippen molar-refractivity contribution in [2.75, 3.05) is 19.8 Å². The number of hydrogen-bond donors (Lipinski definition) is 1. The van der Waals surface area contributed by atoms with Crippen molar-refractivity contribution in [1.82, 2.24) is 0 Å². The Morgan fingerprint density at radius 3 is 2.25 bits per heavy atom. The summed E-state index contributed by atoms with van der Waals surface area (Å²) in [6.07, 6.45) is 2.42. The fourth-order valence-corrected chi connectivity index (χ4v) is 2.34. The molecule has 0 aliphatic heterocycles. The molecule has 0 bridgehead atoms. The summed E-state index contributed by atoms with van der Waals surface area (Å²) in [6, 6.07) is 1.38. The SMILES string of the molecule is C[Si](C)(C)CCCCOCCO. The molecule has 3 heteroatoms. The molecule has 0 aromatic carbocycles. The fraction of sp³-hybridized carbons (Fsp3) is 1.00. The van der Waals surface area contributed by atoms with Gasteiger partial charge in [-0.15, -0.1) is 0 Å². The van der Waals surface area contributed by atoms with Crippen molar-refractivity contribution in [3.05, 3.63) is 0 Å². The molecule has 0 saturated carbocycles. The van der Waals surface area contributed by atoms with Crippen molar-refractivity contribution >= 4 is 8.07 Å². The zero-order valence-corrected chi connectivity index (χ0v) is 9.60. The highest BCUT2D eigenvalue weighted by Crippen LogP contribution is 2.12. The van der Waals surface area contributed by atoms with Gasteiger partial charge in [-0.1, -0.05) is 32.1 Å². The van der Waals surface area contributed by atoms with Gasteiger partial charge in [0.2, 0.25) is 0 Å². The first-order valence-corrected chi connectivity index (χ1v) is 8.45. The maximum atomic E-state index is 8.43. The Bertz CT molecular complexity index is 99.2. The molecule has 0 heterocycles. The van der Waals surface area contributed by atoms with Crippen molar-refractivity contribution in [1.29, 1.82) is 0 Å². The van der Waals surface area contributed by atoms with E-state index in [1.165, 1.54) is 12.5 Å². The predicted octanol–water partition coefficient (Wildman–Crippen LogP) is 2.11. The molecule has 0 atom stereocenters. The van der Waals surface area contributed by atoms with Crippen LogP contribution in [0.1, 0.15) is 12.8 Å². The Balaban J connectivity index is 3.01. The van der Waals surface area contributed by atoms with Crippen molar-refractivity contribution in [3.8, 4) is 0 Å². The zero-order valence-electron chi connectivity index (χ0n) is 8.60. The van der Waals surface area contributed by atoms with Gasteiger partial charge in [0, 0.05) is 14.7 Å². The molecule has 0 aromatic rings. The molecule has 74 valence electrons. The monoisotopic (exact) mass is 190 g/mol. The van der Waals surface area contributed by atoms with Gasteiger partial charge in [-0.25, -0.2) is 0 Å². The van der Waals surface area contributed by atoms with Gasteiger partial charge in [-0.05, 0) is 6.42 Å². The third-order valence-corrected chi connectivity index (χ3v) is 3.55. The second-order valence-corrected chi connectivity index (χ2v) is 9.98. The normalized spacial score (nSPS) is 12.0. The summed E-state index contributed by atoms with van der Waals surface area (Å²) in [7, 11) is -0.831. The lowest BCUT2D eigenvalue weighted by molar-refractivity contribution is 0.0904. The van der Waals surface area contributed by atoms with Crippen LogP contribution in [0.15, 0.2) is 0 Å². The molecule has 0 aliphatic rings. The molecule has 0 radical (unpaired) electrons. The minimum Gasteiger partial charge on any atom is -0.394 e. The van der Waals surface area contributed by atoms with Crippen molar-refractivity contribution in [2.24, 2.45) is 0 Å². The third-order valence-electron chi connectivity index (χ3n) is 1.70. The molecule has 0 fully saturated rings. The Hall–Kier alpha value is 0.137. The molecular formula is C9H22O2Si. The zero-order chi connectivity index (χ0) is 9.45. The molecule has 0 unspecified atom stereocenters. The van der Waals surface area contributed by atoms with E-state index in [-0.39, 0.29) is 6.61 Å². The van der Waals surface area contributed by atoms with Crippen LogP contribution in [0.25, 0.3) is 0 Å². The number of aliphatic hydroxyl groups excluding tert-OH is 1. The second kappa shape index (κ2) is 6.63. The average molecular weight is 190 g/mol. The van der Waals surface area contributed by atoms with Crippen LogP contribution in [0, 0.1) is 0 Å². The standard InChI is InChI=1S/C9H22O2Si/c1-12(2,3)9-5-4-7-11-8-6-10/h10H,4-9H2,1-3H3. The van der Waals surface area contributed by atoms with Gasteiger partial charge in [0.25, 0.3) is 0 Å². The number of rotatable bonds is 7. The second-order valence-electron chi connectivity index (χ2n) is 4.35. The van der Waals surface area contributed by atoms with E-state index >= 15 is 0 Å².